The summed E-state index contributed by atoms with van der Waals surface area (Å²) in [6.07, 6.45) is 1.59. The van der Waals surface area contributed by atoms with Gasteiger partial charge in [-0.3, -0.25) is 9.59 Å². The molecule has 1 N–H and O–H groups in total. The lowest BCUT2D eigenvalue weighted by Crippen LogP contribution is -2.53. The van der Waals surface area contributed by atoms with Gasteiger partial charge in [0.25, 0.3) is 0 Å². The van der Waals surface area contributed by atoms with Crippen LogP contribution in [0.25, 0.3) is 0 Å². The van der Waals surface area contributed by atoms with Gasteiger partial charge >= 0.3 is 0 Å². The van der Waals surface area contributed by atoms with Crippen LogP contribution in [0.1, 0.15) is 29.5 Å². The van der Waals surface area contributed by atoms with Crippen molar-refractivity contribution in [3.8, 4) is 5.75 Å². The summed E-state index contributed by atoms with van der Waals surface area (Å²) in [4.78, 5) is 26.0. The highest BCUT2D eigenvalue weighted by Gasteiger charge is 2.42. The van der Waals surface area contributed by atoms with Crippen LogP contribution in [0.3, 0.4) is 0 Å². The molecule has 2 aliphatic rings. The third-order valence-corrected chi connectivity index (χ3v) is 5.68. The van der Waals surface area contributed by atoms with Crippen molar-refractivity contribution >= 4 is 11.8 Å². The number of piperidine rings is 1. The number of carbonyl (C=O) groups is 2. The molecule has 2 heterocycles. The van der Waals surface area contributed by atoms with Crippen LogP contribution in [0.4, 0.5) is 0 Å². The Morgan fingerprint density at radius 1 is 1.17 bits per heavy atom. The second-order valence-electron chi connectivity index (χ2n) is 7.75. The van der Waals surface area contributed by atoms with E-state index in [2.05, 4.69) is 24.4 Å². The minimum absolute atomic E-state index is 0.0766. The van der Waals surface area contributed by atoms with Crippen molar-refractivity contribution in [1.82, 2.24) is 10.2 Å². The number of ether oxygens (including phenoxy) is 2. The molecule has 2 fully saturated rings. The summed E-state index contributed by atoms with van der Waals surface area (Å²) in [6, 6.07) is 15.9. The summed E-state index contributed by atoms with van der Waals surface area (Å²) >= 11 is 0. The van der Waals surface area contributed by atoms with Crippen LogP contribution in [-0.2, 0) is 27.4 Å². The molecule has 0 aromatic heterocycles. The summed E-state index contributed by atoms with van der Waals surface area (Å²) in [5, 5.41) is 2.90. The van der Waals surface area contributed by atoms with E-state index in [9.17, 15) is 9.59 Å². The van der Waals surface area contributed by atoms with E-state index in [4.69, 9.17) is 9.47 Å². The first-order chi connectivity index (χ1) is 14.0. The standard InChI is InChI=1S/C23H26N2O4/c1-17-5-2-3-7-19(17)15-28-20-8-4-6-18(13-20)14-22(27)25-11-9-23(10-12-25)24-21(26)16-29-23/h2-8,13H,9-12,14-16H2,1H3,(H,24,26). The number of benzene rings is 2. The Morgan fingerprint density at radius 2 is 1.97 bits per heavy atom. The van der Waals surface area contributed by atoms with E-state index in [0.29, 0.717) is 39.0 Å². The van der Waals surface area contributed by atoms with Crippen LogP contribution < -0.4 is 10.1 Å². The first kappa shape index (κ1) is 19.5. The number of nitrogens with zero attached hydrogens (tertiary/aromatic N) is 1. The fraction of sp³-hybridized carbons (Fsp3) is 0.391. The van der Waals surface area contributed by atoms with Gasteiger partial charge in [0.1, 0.15) is 24.7 Å². The van der Waals surface area contributed by atoms with Crippen molar-refractivity contribution < 1.29 is 19.1 Å². The highest BCUT2D eigenvalue weighted by molar-refractivity contribution is 5.80. The van der Waals surface area contributed by atoms with Gasteiger partial charge in [0.05, 0.1) is 6.42 Å². The van der Waals surface area contributed by atoms with Gasteiger partial charge in [-0.2, -0.15) is 0 Å². The van der Waals surface area contributed by atoms with Gasteiger partial charge in [0.15, 0.2) is 0 Å². The smallest absolute Gasteiger partial charge is 0.248 e. The Labute approximate surface area is 170 Å². The van der Waals surface area contributed by atoms with E-state index in [1.165, 1.54) is 5.56 Å². The van der Waals surface area contributed by atoms with Crippen LogP contribution in [0.5, 0.6) is 5.75 Å². The maximum atomic E-state index is 12.7. The Kier molecular flexibility index (Phi) is 5.53. The number of rotatable bonds is 5. The average molecular weight is 394 g/mol. The van der Waals surface area contributed by atoms with Crippen LogP contribution in [0.2, 0.25) is 0 Å². The highest BCUT2D eigenvalue weighted by atomic mass is 16.5. The lowest BCUT2D eigenvalue weighted by molar-refractivity contribution is -0.136. The topological polar surface area (TPSA) is 67.9 Å². The van der Waals surface area contributed by atoms with E-state index >= 15 is 0 Å². The van der Waals surface area contributed by atoms with Crippen molar-refractivity contribution in [1.29, 1.82) is 0 Å². The molecule has 2 aromatic rings. The van der Waals surface area contributed by atoms with Crippen molar-refractivity contribution in [2.75, 3.05) is 19.7 Å². The predicted molar refractivity (Wildman–Crippen MR) is 108 cm³/mol. The summed E-state index contributed by atoms with van der Waals surface area (Å²) in [6.45, 7) is 3.86. The first-order valence-electron chi connectivity index (χ1n) is 10.0. The molecule has 6 nitrogen and oxygen atoms in total. The SMILES string of the molecule is Cc1ccccc1COc1cccc(CC(=O)N2CCC3(CC2)NC(=O)CO3)c1. The minimum atomic E-state index is -0.572. The quantitative estimate of drug-likeness (QED) is 0.846. The summed E-state index contributed by atoms with van der Waals surface area (Å²) in [7, 11) is 0. The predicted octanol–water partition coefficient (Wildman–Crippen LogP) is 2.58. The third-order valence-electron chi connectivity index (χ3n) is 5.68. The molecule has 4 rings (SSSR count). The number of carbonyl (C=O) groups excluding carboxylic acids is 2. The number of nitrogens with one attached hydrogen (secondary N) is 1. The van der Waals surface area contributed by atoms with Crippen LogP contribution >= 0.6 is 0 Å². The van der Waals surface area contributed by atoms with Gasteiger partial charge in [0.2, 0.25) is 11.8 Å². The molecule has 0 bridgehead atoms. The Hall–Kier alpha value is -2.86. The van der Waals surface area contributed by atoms with Crippen molar-refractivity contribution in [3.05, 3.63) is 65.2 Å². The molecule has 152 valence electrons. The van der Waals surface area contributed by atoms with Gasteiger partial charge in [-0.25, -0.2) is 0 Å². The molecular formula is C23H26N2O4. The van der Waals surface area contributed by atoms with Gasteiger partial charge in [-0.05, 0) is 35.7 Å². The minimum Gasteiger partial charge on any atom is -0.489 e. The lowest BCUT2D eigenvalue weighted by Gasteiger charge is -2.38. The number of aryl methyl sites for hydroxylation is 1. The fourth-order valence-corrected chi connectivity index (χ4v) is 3.88. The Morgan fingerprint density at radius 3 is 2.69 bits per heavy atom. The van der Waals surface area contributed by atoms with E-state index < -0.39 is 5.72 Å². The number of hydrogen-bond acceptors (Lipinski definition) is 4. The monoisotopic (exact) mass is 394 g/mol. The molecule has 2 amide bonds. The van der Waals surface area contributed by atoms with Crippen LogP contribution in [0, 0.1) is 6.92 Å². The molecule has 2 aromatic carbocycles. The maximum Gasteiger partial charge on any atom is 0.248 e. The zero-order chi connectivity index (χ0) is 20.3. The van der Waals surface area contributed by atoms with Crippen molar-refractivity contribution in [2.45, 2.75) is 38.5 Å². The molecule has 2 saturated heterocycles. The van der Waals surface area contributed by atoms with Crippen LogP contribution in [-0.4, -0.2) is 42.1 Å². The van der Waals surface area contributed by atoms with E-state index in [0.717, 1.165) is 16.9 Å². The summed E-state index contributed by atoms with van der Waals surface area (Å²) < 4.78 is 11.5. The van der Waals surface area contributed by atoms with Gasteiger partial charge in [-0.1, -0.05) is 36.4 Å². The number of hydrogen-bond donors (Lipinski definition) is 1. The zero-order valence-electron chi connectivity index (χ0n) is 16.6. The molecule has 0 aliphatic carbocycles. The molecule has 6 heteroatoms. The van der Waals surface area contributed by atoms with Crippen molar-refractivity contribution in [3.63, 3.8) is 0 Å². The second-order valence-corrected chi connectivity index (χ2v) is 7.75. The van der Waals surface area contributed by atoms with Gasteiger partial charge < -0.3 is 19.7 Å². The molecule has 0 radical (unpaired) electrons. The average Bonchev–Trinajstić information content (AvgIpc) is 3.08. The Balaban J connectivity index is 1.31. The second kappa shape index (κ2) is 8.25. The Bertz CT molecular complexity index is 903. The fourth-order valence-electron chi connectivity index (χ4n) is 3.88. The summed E-state index contributed by atoms with van der Waals surface area (Å²) in [5.41, 5.74) is 2.71. The third kappa shape index (κ3) is 4.59. The lowest BCUT2D eigenvalue weighted by atomic mass is 10.00. The number of likely N-dealkylation sites (tertiary alicyclic amines) is 1. The molecule has 0 saturated carbocycles. The first-order valence-corrected chi connectivity index (χ1v) is 10.0. The maximum absolute atomic E-state index is 12.7. The van der Waals surface area contributed by atoms with Crippen LogP contribution in [0.15, 0.2) is 48.5 Å². The largest absolute Gasteiger partial charge is 0.489 e. The zero-order valence-corrected chi connectivity index (χ0v) is 16.6. The highest BCUT2D eigenvalue weighted by Crippen LogP contribution is 2.27. The molecule has 1 spiro atoms. The molecule has 29 heavy (non-hydrogen) atoms. The molecule has 0 atom stereocenters. The molecule has 0 unspecified atom stereocenters. The van der Waals surface area contributed by atoms with Gasteiger partial charge in [0, 0.05) is 25.9 Å². The van der Waals surface area contributed by atoms with Crippen molar-refractivity contribution in [2.24, 2.45) is 0 Å². The normalized spacial score (nSPS) is 18.0. The summed E-state index contributed by atoms with van der Waals surface area (Å²) in [5.74, 6) is 0.769. The van der Waals surface area contributed by atoms with Gasteiger partial charge in [-0.15, -0.1) is 0 Å². The van der Waals surface area contributed by atoms with E-state index in [-0.39, 0.29) is 18.4 Å². The van der Waals surface area contributed by atoms with E-state index in [1.54, 1.807) is 0 Å². The molecule has 2 aliphatic heterocycles. The number of amides is 2. The van der Waals surface area contributed by atoms with E-state index in [1.807, 2.05) is 41.3 Å². The molecular weight excluding hydrogens is 368 g/mol.